The zero-order valence-corrected chi connectivity index (χ0v) is 30.8. The van der Waals surface area contributed by atoms with E-state index in [9.17, 15) is 19.4 Å². The number of ether oxygens (including phenoxy) is 3. The van der Waals surface area contributed by atoms with E-state index < -0.39 is 43.8 Å². The van der Waals surface area contributed by atoms with Gasteiger partial charge in [-0.25, -0.2) is 9.78 Å². The van der Waals surface area contributed by atoms with Crippen molar-refractivity contribution in [3.8, 4) is 5.88 Å². The van der Waals surface area contributed by atoms with Crippen molar-refractivity contribution in [2.24, 2.45) is 5.11 Å². The second-order valence-corrected chi connectivity index (χ2v) is 13.7. The van der Waals surface area contributed by atoms with Gasteiger partial charge in [0.25, 0.3) is 0 Å². The second-order valence-electron chi connectivity index (χ2n) is 11.8. The number of methoxy groups -OCH3 is 1. The molecule has 1 N–H and O–H groups in total. The molecule has 13 nitrogen and oxygen atoms in total. The molecular formula is C30H53N5NaO8P. The Morgan fingerprint density at radius 2 is 1.73 bits per heavy atom. The standard InChI is InChI=1S/C30H54N5O8P.Na/c1-4-5-6-7-8-9-10-11-12-13-14-15-16-17-20-41-22-26(40-3)23-44(38,39)42-24-30(33-34-31)19-18-27(43-30)35-21-25(2)28(36)32-29(35)37;/h21,26-27H,4-20,22-24H2,1-3H3,(H,38,39)(H,32,36,37);/q;+1/p-1. The van der Waals surface area contributed by atoms with Crippen molar-refractivity contribution >= 4 is 7.60 Å². The van der Waals surface area contributed by atoms with Crippen LogP contribution in [0, 0.1) is 6.92 Å². The first-order valence-corrected chi connectivity index (χ1v) is 18.0. The summed E-state index contributed by atoms with van der Waals surface area (Å²) in [5.41, 5.74) is 6.95. The van der Waals surface area contributed by atoms with E-state index in [2.05, 4.69) is 21.9 Å². The predicted molar refractivity (Wildman–Crippen MR) is 166 cm³/mol. The number of hydrogen-bond acceptors (Lipinski definition) is 9. The van der Waals surface area contributed by atoms with Gasteiger partial charge in [0, 0.05) is 24.8 Å². The van der Waals surface area contributed by atoms with Crippen molar-refractivity contribution < 1.29 is 62.9 Å². The summed E-state index contributed by atoms with van der Waals surface area (Å²) in [7, 11) is -2.74. The molecule has 45 heavy (non-hydrogen) atoms. The van der Waals surface area contributed by atoms with Gasteiger partial charge in [-0.2, -0.15) is 0 Å². The van der Waals surface area contributed by atoms with E-state index >= 15 is 0 Å². The number of hydrogen-bond donors (Lipinski definition) is 1. The van der Waals surface area contributed by atoms with E-state index in [0.29, 0.717) is 6.61 Å². The average molecular weight is 666 g/mol. The van der Waals surface area contributed by atoms with Gasteiger partial charge in [-0.1, -0.05) is 95.5 Å². The second kappa shape index (κ2) is 23.4. The summed E-state index contributed by atoms with van der Waals surface area (Å²) >= 11 is 0. The number of unbranched alkanes of at least 4 members (excludes halogenated alkanes) is 13. The Kier molecular flexibility index (Phi) is 21.8. The van der Waals surface area contributed by atoms with Crippen molar-refractivity contribution in [2.45, 2.75) is 135 Å². The van der Waals surface area contributed by atoms with Gasteiger partial charge in [-0.05, 0) is 43.2 Å². The van der Waals surface area contributed by atoms with E-state index in [1.807, 2.05) is 0 Å². The normalized spacial score (nSPS) is 19.9. The molecular weight excluding hydrogens is 612 g/mol. The summed E-state index contributed by atoms with van der Waals surface area (Å²) in [6, 6.07) is 0. The van der Waals surface area contributed by atoms with Crippen molar-refractivity contribution in [1.29, 1.82) is 0 Å². The molecule has 1 saturated heterocycles. The van der Waals surface area contributed by atoms with E-state index in [0.717, 1.165) is 17.4 Å². The molecule has 1 aromatic heterocycles. The molecule has 0 radical (unpaired) electrons. The molecule has 1 aliphatic heterocycles. The van der Waals surface area contributed by atoms with Crippen LogP contribution in [0.15, 0.2) is 16.1 Å². The maximum Gasteiger partial charge on any atom is 1.00 e. The van der Waals surface area contributed by atoms with Gasteiger partial charge in [0.05, 0.1) is 25.5 Å². The molecule has 0 saturated carbocycles. The number of azide groups is 1. The summed E-state index contributed by atoms with van der Waals surface area (Å²) in [6.45, 7) is 3.96. The molecule has 2 heterocycles. The first-order chi connectivity index (χ1) is 21.1. The minimum Gasteiger partial charge on any atom is -0.858 e. The Labute approximate surface area is 290 Å². The Balaban J connectivity index is 0.0000101. The van der Waals surface area contributed by atoms with Crippen LogP contribution in [0.1, 0.15) is 121 Å². The molecule has 4 atom stereocenters. The third kappa shape index (κ3) is 16.6. The van der Waals surface area contributed by atoms with E-state index in [-0.39, 0.29) is 60.7 Å². The molecule has 1 aliphatic rings. The molecule has 0 spiro atoms. The van der Waals surface area contributed by atoms with Crippen LogP contribution in [0.4, 0.5) is 0 Å². The number of rotatable bonds is 25. The minimum atomic E-state index is -4.18. The average Bonchev–Trinajstić information content (AvgIpc) is 3.41. The van der Waals surface area contributed by atoms with Gasteiger partial charge in [0.15, 0.2) is 5.72 Å². The van der Waals surface area contributed by atoms with Crippen LogP contribution in [0.25, 0.3) is 10.4 Å². The number of aromatic nitrogens is 2. The Hall–Kier alpha value is -0.980. The van der Waals surface area contributed by atoms with Gasteiger partial charge in [0.2, 0.25) is 0 Å². The fraction of sp³-hybridized carbons (Fsp3) is 0.867. The van der Waals surface area contributed by atoms with Gasteiger partial charge in [-0.3, -0.25) is 9.13 Å². The van der Waals surface area contributed by atoms with Crippen LogP contribution in [0.5, 0.6) is 5.88 Å². The third-order valence-corrected chi connectivity index (χ3v) is 9.37. The van der Waals surface area contributed by atoms with Crippen LogP contribution in [-0.2, 0) is 23.3 Å². The SMILES string of the molecule is CCCCCCCCCCCCCCCCOCC(CP(=O)(O)OCC1(N=[N+]=[N-])CCC(n2cc(C)c([O-])nc2=O)O1)OC.[Na+]. The van der Waals surface area contributed by atoms with E-state index in [1.54, 1.807) is 0 Å². The maximum atomic E-state index is 12.9. The molecule has 15 heteroatoms. The van der Waals surface area contributed by atoms with Gasteiger partial charge in [0.1, 0.15) is 6.23 Å². The first kappa shape index (κ1) is 42.0. The van der Waals surface area contributed by atoms with Crippen LogP contribution in [0.2, 0.25) is 0 Å². The van der Waals surface area contributed by atoms with Gasteiger partial charge in [-0.15, -0.1) is 0 Å². The molecule has 0 amide bonds. The predicted octanol–water partition coefficient (Wildman–Crippen LogP) is 3.66. The summed E-state index contributed by atoms with van der Waals surface area (Å²) in [6.07, 6.45) is 17.7. The topological polar surface area (TPSA) is 181 Å². The van der Waals surface area contributed by atoms with Crippen molar-refractivity contribution in [1.82, 2.24) is 9.55 Å². The summed E-state index contributed by atoms with van der Waals surface area (Å²) in [5.74, 6) is -0.633. The van der Waals surface area contributed by atoms with Gasteiger partial charge >= 0.3 is 42.8 Å². The van der Waals surface area contributed by atoms with Crippen molar-refractivity contribution in [3.63, 3.8) is 0 Å². The number of aryl methyl sites for hydroxylation is 1. The molecule has 0 aromatic carbocycles. The molecule has 0 bridgehead atoms. The largest absolute Gasteiger partial charge is 1.00 e. The molecule has 0 aliphatic carbocycles. The smallest absolute Gasteiger partial charge is 0.858 e. The zero-order valence-electron chi connectivity index (χ0n) is 27.9. The molecule has 1 aromatic rings. The minimum absolute atomic E-state index is 0. The van der Waals surface area contributed by atoms with Crippen LogP contribution in [-0.4, -0.2) is 59.4 Å². The molecule has 4 unspecified atom stereocenters. The molecule has 252 valence electrons. The summed E-state index contributed by atoms with van der Waals surface area (Å²) < 4.78 is 36.2. The van der Waals surface area contributed by atoms with E-state index in [4.69, 9.17) is 24.3 Å². The Morgan fingerprint density at radius 3 is 2.29 bits per heavy atom. The first-order valence-electron chi connectivity index (χ1n) is 16.2. The Morgan fingerprint density at radius 1 is 1.16 bits per heavy atom. The summed E-state index contributed by atoms with van der Waals surface area (Å²) in [5, 5.41) is 15.3. The summed E-state index contributed by atoms with van der Waals surface area (Å²) in [4.78, 5) is 28.9. The van der Waals surface area contributed by atoms with Crippen molar-refractivity contribution in [2.75, 3.05) is 33.1 Å². The van der Waals surface area contributed by atoms with Crippen LogP contribution >= 0.6 is 7.60 Å². The quantitative estimate of drug-likeness (QED) is 0.0407. The van der Waals surface area contributed by atoms with E-state index in [1.165, 1.54) is 97.3 Å². The van der Waals surface area contributed by atoms with Crippen LogP contribution in [0.3, 0.4) is 0 Å². The monoisotopic (exact) mass is 665 g/mol. The molecule has 2 rings (SSSR count). The van der Waals surface area contributed by atoms with Gasteiger partial charge < -0.3 is 28.7 Å². The molecule has 1 fully saturated rings. The number of nitrogens with zero attached hydrogens (tertiary/aromatic N) is 5. The van der Waals surface area contributed by atoms with Crippen molar-refractivity contribution in [3.05, 3.63) is 32.7 Å². The Bertz CT molecular complexity index is 1120. The fourth-order valence-corrected chi connectivity index (χ4v) is 6.56. The third-order valence-electron chi connectivity index (χ3n) is 7.97. The zero-order chi connectivity index (χ0) is 32.3. The van der Waals surface area contributed by atoms with Crippen LogP contribution < -0.4 is 40.4 Å². The fourth-order valence-electron chi connectivity index (χ4n) is 5.28. The maximum absolute atomic E-state index is 12.9.